The lowest BCUT2D eigenvalue weighted by Crippen LogP contribution is -2.16. The van der Waals surface area contributed by atoms with Crippen molar-refractivity contribution < 1.29 is 0 Å². The van der Waals surface area contributed by atoms with E-state index >= 15 is 0 Å². The van der Waals surface area contributed by atoms with Crippen molar-refractivity contribution in [3.05, 3.63) is 35.9 Å². The van der Waals surface area contributed by atoms with Gasteiger partial charge in [0.05, 0.1) is 0 Å². The van der Waals surface area contributed by atoms with Crippen molar-refractivity contribution >= 4 is 27.7 Å². The van der Waals surface area contributed by atoms with E-state index in [-0.39, 0.29) is 0 Å². The van der Waals surface area contributed by atoms with E-state index in [1.54, 1.807) is 0 Å². The Kier molecular flexibility index (Phi) is 5.04. The van der Waals surface area contributed by atoms with Crippen LogP contribution in [0.25, 0.3) is 0 Å². The summed E-state index contributed by atoms with van der Waals surface area (Å²) < 4.78 is 0. The maximum absolute atomic E-state index is 3.54. The minimum Gasteiger partial charge on any atom is -0.157 e. The number of hydrogen-bond acceptors (Lipinski definition) is 1. The van der Waals surface area contributed by atoms with Gasteiger partial charge in [-0.25, -0.2) is 0 Å². The zero-order valence-electron chi connectivity index (χ0n) is 8.79. The lowest BCUT2D eigenvalue weighted by molar-refractivity contribution is 0.496. The summed E-state index contributed by atoms with van der Waals surface area (Å²) in [5.41, 5.74) is 1.82. The standard InChI is InChI=1S/C12H17BrS/c1-12(2,9-13)10-14-8-11-6-4-3-5-7-11/h3-7H,8-10H2,1-2H3. The number of alkyl halides is 1. The zero-order chi connectivity index (χ0) is 10.4. The van der Waals surface area contributed by atoms with Gasteiger partial charge in [0.2, 0.25) is 0 Å². The Balaban J connectivity index is 2.29. The summed E-state index contributed by atoms with van der Waals surface area (Å²) in [6, 6.07) is 10.6. The van der Waals surface area contributed by atoms with Crippen molar-refractivity contribution in [1.82, 2.24) is 0 Å². The van der Waals surface area contributed by atoms with Gasteiger partial charge in [0, 0.05) is 11.1 Å². The Labute approximate surface area is 99.6 Å². The molecule has 0 aromatic heterocycles. The van der Waals surface area contributed by atoms with Gasteiger partial charge in [0.1, 0.15) is 0 Å². The van der Waals surface area contributed by atoms with E-state index in [0.29, 0.717) is 5.41 Å². The van der Waals surface area contributed by atoms with Crippen LogP contribution < -0.4 is 0 Å². The van der Waals surface area contributed by atoms with E-state index in [9.17, 15) is 0 Å². The molecule has 0 amide bonds. The third-order valence-corrected chi connectivity index (χ3v) is 5.01. The van der Waals surface area contributed by atoms with E-state index in [0.717, 1.165) is 11.1 Å². The van der Waals surface area contributed by atoms with Crippen molar-refractivity contribution in [1.29, 1.82) is 0 Å². The molecule has 0 radical (unpaired) electrons. The second-order valence-corrected chi connectivity index (χ2v) is 5.82. The molecule has 0 atom stereocenters. The first kappa shape index (κ1) is 12.1. The van der Waals surface area contributed by atoms with Crippen LogP contribution in [-0.2, 0) is 5.75 Å². The van der Waals surface area contributed by atoms with Gasteiger partial charge in [-0.1, -0.05) is 60.1 Å². The molecule has 0 N–H and O–H groups in total. The summed E-state index contributed by atoms with van der Waals surface area (Å²) in [5.74, 6) is 2.32. The van der Waals surface area contributed by atoms with Crippen LogP contribution in [0.5, 0.6) is 0 Å². The van der Waals surface area contributed by atoms with E-state index in [2.05, 4.69) is 60.1 Å². The van der Waals surface area contributed by atoms with E-state index in [1.165, 1.54) is 11.3 Å². The van der Waals surface area contributed by atoms with Crippen molar-refractivity contribution in [3.8, 4) is 0 Å². The number of benzene rings is 1. The van der Waals surface area contributed by atoms with Crippen molar-refractivity contribution in [2.75, 3.05) is 11.1 Å². The Hall–Kier alpha value is 0.0500. The van der Waals surface area contributed by atoms with E-state index in [4.69, 9.17) is 0 Å². The molecule has 14 heavy (non-hydrogen) atoms. The molecule has 78 valence electrons. The van der Waals surface area contributed by atoms with Gasteiger partial charge < -0.3 is 0 Å². The molecule has 0 heterocycles. The number of thioether (sulfide) groups is 1. The SMILES string of the molecule is CC(C)(CBr)CSCc1ccccc1. The fraction of sp³-hybridized carbons (Fsp3) is 0.500. The highest BCUT2D eigenvalue weighted by Gasteiger charge is 2.15. The zero-order valence-corrected chi connectivity index (χ0v) is 11.2. The normalized spacial score (nSPS) is 11.6. The minimum atomic E-state index is 0.402. The second kappa shape index (κ2) is 5.82. The monoisotopic (exact) mass is 272 g/mol. The van der Waals surface area contributed by atoms with Gasteiger partial charge >= 0.3 is 0 Å². The van der Waals surface area contributed by atoms with Gasteiger partial charge in [-0.2, -0.15) is 11.8 Å². The lowest BCUT2D eigenvalue weighted by atomic mass is 10.0. The van der Waals surface area contributed by atoms with Gasteiger partial charge in [-0.15, -0.1) is 0 Å². The predicted octanol–water partition coefficient (Wildman–Crippen LogP) is 4.34. The highest BCUT2D eigenvalue weighted by molar-refractivity contribution is 9.09. The summed E-state index contributed by atoms with van der Waals surface area (Å²) >= 11 is 5.55. The average Bonchev–Trinajstić information content (AvgIpc) is 2.19. The Morgan fingerprint density at radius 3 is 2.43 bits per heavy atom. The van der Waals surface area contributed by atoms with Crippen LogP contribution in [0.4, 0.5) is 0 Å². The first-order chi connectivity index (χ1) is 6.64. The van der Waals surface area contributed by atoms with Crippen LogP contribution in [0.15, 0.2) is 30.3 Å². The molecule has 0 saturated carbocycles. The highest BCUT2D eigenvalue weighted by atomic mass is 79.9. The minimum absolute atomic E-state index is 0.402. The van der Waals surface area contributed by atoms with Gasteiger partial charge in [0.25, 0.3) is 0 Å². The lowest BCUT2D eigenvalue weighted by Gasteiger charge is -2.20. The summed E-state index contributed by atoms with van der Waals surface area (Å²) in [6.07, 6.45) is 0. The van der Waals surface area contributed by atoms with Crippen molar-refractivity contribution in [2.24, 2.45) is 5.41 Å². The van der Waals surface area contributed by atoms with E-state index in [1.807, 2.05) is 11.8 Å². The molecular weight excluding hydrogens is 256 g/mol. The average molecular weight is 273 g/mol. The van der Waals surface area contributed by atoms with Crippen LogP contribution in [-0.4, -0.2) is 11.1 Å². The number of hydrogen-bond donors (Lipinski definition) is 0. The molecule has 2 heteroatoms. The molecule has 1 aromatic carbocycles. The fourth-order valence-electron chi connectivity index (χ4n) is 1.06. The maximum Gasteiger partial charge on any atom is 0.0184 e. The van der Waals surface area contributed by atoms with Crippen molar-refractivity contribution in [3.63, 3.8) is 0 Å². The maximum atomic E-state index is 3.54. The Bertz CT molecular complexity index is 256. The molecule has 0 aliphatic heterocycles. The number of rotatable bonds is 5. The fourth-order valence-corrected chi connectivity index (χ4v) is 2.70. The third kappa shape index (κ3) is 4.52. The summed E-state index contributed by atoms with van der Waals surface area (Å²) in [5, 5.41) is 1.07. The van der Waals surface area contributed by atoms with Crippen LogP contribution in [0.3, 0.4) is 0 Å². The van der Waals surface area contributed by atoms with E-state index < -0.39 is 0 Å². The second-order valence-electron chi connectivity index (χ2n) is 4.28. The molecule has 0 fully saturated rings. The van der Waals surface area contributed by atoms with Gasteiger partial charge in [0.15, 0.2) is 0 Å². The molecule has 0 unspecified atom stereocenters. The van der Waals surface area contributed by atoms with Gasteiger partial charge in [-0.05, 0) is 16.7 Å². The first-order valence-corrected chi connectivity index (χ1v) is 7.09. The summed E-state index contributed by atoms with van der Waals surface area (Å²) in [4.78, 5) is 0. The molecule has 1 rings (SSSR count). The predicted molar refractivity (Wildman–Crippen MR) is 70.2 cm³/mol. The van der Waals surface area contributed by atoms with Crippen LogP contribution in [0.2, 0.25) is 0 Å². The molecule has 0 nitrogen and oxygen atoms in total. The molecule has 0 saturated heterocycles. The topological polar surface area (TPSA) is 0 Å². The molecular formula is C12H17BrS. The molecule has 0 aliphatic carbocycles. The smallest absolute Gasteiger partial charge is 0.0184 e. The summed E-state index contributed by atoms with van der Waals surface area (Å²) in [7, 11) is 0. The Morgan fingerprint density at radius 1 is 1.21 bits per heavy atom. The molecule has 1 aromatic rings. The van der Waals surface area contributed by atoms with Crippen LogP contribution in [0.1, 0.15) is 19.4 Å². The largest absolute Gasteiger partial charge is 0.157 e. The highest BCUT2D eigenvalue weighted by Crippen LogP contribution is 2.25. The number of halogens is 1. The molecule has 0 spiro atoms. The summed E-state index contributed by atoms with van der Waals surface area (Å²) in [6.45, 7) is 4.58. The van der Waals surface area contributed by atoms with Gasteiger partial charge in [-0.3, -0.25) is 0 Å². The van der Waals surface area contributed by atoms with Crippen molar-refractivity contribution in [2.45, 2.75) is 19.6 Å². The first-order valence-electron chi connectivity index (χ1n) is 4.82. The third-order valence-electron chi connectivity index (χ3n) is 1.97. The molecule has 0 aliphatic rings. The quantitative estimate of drug-likeness (QED) is 0.719. The van der Waals surface area contributed by atoms with Crippen LogP contribution in [0, 0.1) is 5.41 Å². The van der Waals surface area contributed by atoms with Crippen LogP contribution >= 0.6 is 27.7 Å². The molecule has 0 bridgehead atoms. The Morgan fingerprint density at radius 2 is 1.86 bits per heavy atom.